The summed E-state index contributed by atoms with van der Waals surface area (Å²) in [5, 5.41) is 7.60. The van der Waals surface area contributed by atoms with E-state index in [4.69, 9.17) is 11.6 Å². The minimum atomic E-state index is -0.175. The summed E-state index contributed by atoms with van der Waals surface area (Å²) in [4.78, 5) is 12.1. The molecular formula is C13H13BrClN3O. The minimum Gasteiger partial charge on any atom is -0.347 e. The van der Waals surface area contributed by atoms with Gasteiger partial charge in [0, 0.05) is 18.1 Å². The number of aromatic nitrogens is 2. The van der Waals surface area contributed by atoms with Crippen LogP contribution in [0, 0.1) is 0 Å². The average Bonchev–Trinajstić information content (AvgIpc) is 2.78. The van der Waals surface area contributed by atoms with Crippen LogP contribution >= 0.6 is 27.5 Å². The van der Waals surface area contributed by atoms with Crippen molar-refractivity contribution in [3.63, 3.8) is 0 Å². The molecular weight excluding hydrogens is 330 g/mol. The van der Waals surface area contributed by atoms with Gasteiger partial charge in [-0.15, -0.1) is 0 Å². The number of hydrogen-bond donors (Lipinski definition) is 1. The lowest BCUT2D eigenvalue weighted by Gasteiger charge is -2.08. The highest BCUT2D eigenvalue weighted by Crippen LogP contribution is 2.17. The van der Waals surface area contributed by atoms with Gasteiger partial charge in [0.25, 0.3) is 5.91 Å². The quantitative estimate of drug-likeness (QED) is 0.927. The number of aryl methyl sites for hydroxylation is 1. The van der Waals surface area contributed by atoms with Crippen LogP contribution in [0.25, 0.3) is 0 Å². The first kappa shape index (κ1) is 14.1. The molecule has 19 heavy (non-hydrogen) atoms. The summed E-state index contributed by atoms with van der Waals surface area (Å²) in [6.45, 7) is 2.96. The Bertz CT molecular complexity index is 597. The van der Waals surface area contributed by atoms with Gasteiger partial charge in [-0.2, -0.15) is 5.10 Å². The third-order valence-corrected chi connectivity index (χ3v) is 3.66. The Morgan fingerprint density at radius 1 is 1.47 bits per heavy atom. The second kappa shape index (κ2) is 6.21. The topological polar surface area (TPSA) is 46.9 Å². The maximum Gasteiger partial charge on any atom is 0.270 e. The zero-order chi connectivity index (χ0) is 13.8. The first-order valence-electron chi connectivity index (χ1n) is 5.86. The summed E-state index contributed by atoms with van der Waals surface area (Å²) in [6, 6.07) is 7.43. The molecule has 1 heterocycles. The number of hydrogen-bond acceptors (Lipinski definition) is 2. The van der Waals surface area contributed by atoms with E-state index in [1.165, 1.54) is 0 Å². The summed E-state index contributed by atoms with van der Waals surface area (Å²) >= 11 is 9.37. The molecule has 0 radical (unpaired) electrons. The fraction of sp³-hybridized carbons (Fsp3) is 0.231. The summed E-state index contributed by atoms with van der Waals surface area (Å²) < 4.78 is 2.33. The average molecular weight is 343 g/mol. The Balaban J connectivity index is 2.10. The molecule has 2 rings (SSSR count). The molecule has 1 amide bonds. The molecule has 6 heteroatoms. The molecule has 4 nitrogen and oxygen atoms in total. The van der Waals surface area contributed by atoms with E-state index in [2.05, 4.69) is 26.3 Å². The second-order valence-corrected chi connectivity index (χ2v) is 5.19. The van der Waals surface area contributed by atoms with Gasteiger partial charge in [0.05, 0.1) is 10.7 Å². The van der Waals surface area contributed by atoms with Gasteiger partial charge in [0.1, 0.15) is 5.69 Å². The maximum absolute atomic E-state index is 12.1. The van der Waals surface area contributed by atoms with E-state index in [-0.39, 0.29) is 5.91 Å². The highest BCUT2D eigenvalue weighted by atomic mass is 79.9. The second-order valence-electron chi connectivity index (χ2n) is 3.93. The van der Waals surface area contributed by atoms with Crippen LogP contribution in [0.3, 0.4) is 0 Å². The molecule has 0 aliphatic carbocycles. The zero-order valence-electron chi connectivity index (χ0n) is 10.4. The molecule has 1 aromatic heterocycles. The van der Waals surface area contributed by atoms with Gasteiger partial charge in [0.15, 0.2) is 0 Å². The Labute approximate surface area is 124 Å². The van der Waals surface area contributed by atoms with Crippen molar-refractivity contribution < 1.29 is 4.79 Å². The van der Waals surface area contributed by atoms with Crippen molar-refractivity contribution >= 4 is 33.4 Å². The number of carbonyl (C=O) groups is 1. The van der Waals surface area contributed by atoms with Crippen LogP contribution in [-0.2, 0) is 13.1 Å². The first-order chi connectivity index (χ1) is 9.13. The van der Waals surface area contributed by atoms with Crippen molar-refractivity contribution in [3.8, 4) is 0 Å². The fourth-order valence-electron chi connectivity index (χ4n) is 1.73. The number of carbonyl (C=O) groups excluding carboxylic acids is 1. The van der Waals surface area contributed by atoms with E-state index in [9.17, 15) is 4.79 Å². The largest absolute Gasteiger partial charge is 0.347 e. The van der Waals surface area contributed by atoms with Gasteiger partial charge < -0.3 is 5.32 Å². The highest BCUT2D eigenvalue weighted by molar-refractivity contribution is 9.10. The van der Waals surface area contributed by atoms with Crippen LogP contribution in [0.15, 0.2) is 34.9 Å². The third-order valence-electron chi connectivity index (χ3n) is 2.71. The van der Waals surface area contributed by atoms with E-state index in [1.807, 2.05) is 25.1 Å². The summed E-state index contributed by atoms with van der Waals surface area (Å²) in [5.41, 5.74) is 1.41. The Morgan fingerprint density at radius 3 is 2.89 bits per heavy atom. The van der Waals surface area contributed by atoms with Gasteiger partial charge in [0.2, 0.25) is 0 Å². The lowest BCUT2D eigenvalue weighted by molar-refractivity contribution is 0.0939. The van der Waals surface area contributed by atoms with Crippen LogP contribution in [0.5, 0.6) is 0 Å². The molecule has 0 saturated heterocycles. The Kier molecular flexibility index (Phi) is 4.61. The van der Waals surface area contributed by atoms with Gasteiger partial charge in [-0.3, -0.25) is 9.48 Å². The number of nitrogens with zero attached hydrogens (tertiary/aromatic N) is 2. The molecule has 0 saturated carbocycles. The van der Waals surface area contributed by atoms with E-state index < -0.39 is 0 Å². The summed E-state index contributed by atoms with van der Waals surface area (Å²) in [6.07, 6.45) is 1.62. The van der Waals surface area contributed by atoms with Gasteiger partial charge in [-0.25, -0.2) is 0 Å². The van der Waals surface area contributed by atoms with Crippen molar-refractivity contribution in [2.24, 2.45) is 0 Å². The van der Waals surface area contributed by atoms with E-state index in [1.54, 1.807) is 16.9 Å². The van der Waals surface area contributed by atoms with E-state index in [0.717, 1.165) is 5.56 Å². The van der Waals surface area contributed by atoms with Crippen LogP contribution in [0.2, 0.25) is 5.02 Å². The molecule has 0 fully saturated rings. The molecule has 0 atom stereocenters. The van der Waals surface area contributed by atoms with Gasteiger partial charge in [-0.1, -0.05) is 29.8 Å². The number of benzene rings is 1. The predicted octanol–water partition coefficient (Wildman–Crippen LogP) is 3.25. The fourth-order valence-corrected chi connectivity index (χ4v) is 2.41. The standard InChI is InChI=1S/C13H13BrClN3O/c1-2-18-12(10(14)8-17-18)13(19)16-7-9-5-3-4-6-11(9)15/h3-6,8H,2,7H2,1H3,(H,16,19). The predicted molar refractivity (Wildman–Crippen MR) is 78.2 cm³/mol. The summed E-state index contributed by atoms with van der Waals surface area (Å²) in [5.74, 6) is -0.175. The number of rotatable bonds is 4. The van der Waals surface area contributed by atoms with E-state index in [0.29, 0.717) is 28.3 Å². The minimum absolute atomic E-state index is 0.175. The Hall–Kier alpha value is -1.33. The van der Waals surface area contributed by atoms with Crippen LogP contribution in [0.1, 0.15) is 23.0 Å². The number of amides is 1. The van der Waals surface area contributed by atoms with Crippen molar-refractivity contribution in [1.82, 2.24) is 15.1 Å². The van der Waals surface area contributed by atoms with E-state index >= 15 is 0 Å². The number of halogens is 2. The molecule has 1 N–H and O–H groups in total. The van der Waals surface area contributed by atoms with Gasteiger partial charge >= 0.3 is 0 Å². The molecule has 2 aromatic rings. The van der Waals surface area contributed by atoms with Gasteiger partial charge in [-0.05, 0) is 34.5 Å². The molecule has 0 spiro atoms. The van der Waals surface area contributed by atoms with Crippen molar-refractivity contribution in [2.45, 2.75) is 20.0 Å². The van der Waals surface area contributed by atoms with Crippen molar-refractivity contribution in [1.29, 1.82) is 0 Å². The number of nitrogens with one attached hydrogen (secondary N) is 1. The summed E-state index contributed by atoms with van der Waals surface area (Å²) in [7, 11) is 0. The van der Waals surface area contributed by atoms with Crippen LogP contribution in [0.4, 0.5) is 0 Å². The maximum atomic E-state index is 12.1. The van der Waals surface area contributed by atoms with Crippen LogP contribution < -0.4 is 5.32 Å². The molecule has 0 aliphatic heterocycles. The van der Waals surface area contributed by atoms with Crippen LogP contribution in [-0.4, -0.2) is 15.7 Å². The van der Waals surface area contributed by atoms with Crippen molar-refractivity contribution in [3.05, 3.63) is 51.2 Å². The zero-order valence-corrected chi connectivity index (χ0v) is 12.7. The lowest BCUT2D eigenvalue weighted by Crippen LogP contribution is -2.26. The molecule has 1 aromatic carbocycles. The first-order valence-corrected chi connectivity index (χ1v) is 7.03. The molecule has 0 aliphatic rings. The smallest absolute Gasteiger partial charge is 0.270 e. The molecule has 100 valence electrons. The third kappa shape index (κ3) is 3.16. The Morgan fingerprint density at radius 2 is 2.21 bits per heavy atom. The highest BCUT2D eigenvalue weighted by Gasteiger charge is 2.16. The molecule has 0 bridgehead atoms. The monoisotopic (exact) mass is 341 g/mol. The molecule has 0 unspecified atom stereocenters. The lowest BCUT2D eigenvalue weighted by atomic mass is 10.2. The SMILES string of the molecule is CCn1ncc(Br)c1C(=O)NCc1ccccc1Cl. The normalized spacial score (nSPS) is 10.5. The van der Waals surface area contributed by atoms with Crippen molar-refractivity contribution in [2.75, 3.05) is 0 Å².